The van der Waals surface area contributed by atoms with E-state index >= 15 is 8.78 Å². The number of Topliss-reactive ketones (excluding diaryl/α,β-unsaturated/α-hetero) is 1. The van der Waals surface area contributed by atoms with Gasteiger partial charge in [-0.2, -0.15) is 8.78 Å². The standard InChI is InChI=1S/C31H39F2N5O6/c1-18(2)24(26(39)31(32,33)30(43)35-17-21-9-6-7-15-34-21)36-28(41)23-10-8-16-38(23)29(42)25(19(3)4)37-27(40)20-11-13-22(44-5)14-12-20/h6-7,9,11-15,18-19,23-25H,8,10,16-17H2,1-5H3,(H,35,43)(H,36,41)(H,37,40)/t23-,24+,25-/m0/s1. The third-order valence-corrected chi connectivity index (χ3v) is 7.41. The van der Waals surface area contributed by atoms with Crippen LogP contribution >= 0.6 is 0 Å². The summed E-state index contributed by atoms with van der Waals surface area (Å²) in [6.07, 6.45) is 2.12. The highest BCUT2D eigenvalue weighted by Crippen LogP contribution is 2.24. The van der Waals surface area contributed by atoms with Crippen molar-refractivity contribution in [1.82, 2.24) is 25.8 Å². The maximum atomic E-state index is 15.0. The number of alkyl halides is 2. The van der Waals surface area contributed by atoms with Crippen LogP contribution < -0.4 is 20.7 Å². The number of aromatic nitrogens is 1. The largest absolute Gasteiger partial charge is 0.497 e. The van der Waals surface area contributed by atoms with Crippen molar-refractivity contribution in [3.63, 3.8) is 0 Å². The molecule has 238 valence electrons. The first-order chi connectivity index (χ1) is 20.8. The molecule has 0 bridgehead atoms. The zero-order valence-electron chi connectivity index (χ0n) is 25.4. The molecule has 11 nitrogen and oxygen atoms in total. The fourth-order valence-electron chi connectivity index (χ4n) is 4.84. The van der Waals surface area contributed by atoms with Gasteiger partial charge in [0.1, 0.15) is 17.8 Å². The first kappa shape index (κ1) is 34.1. The molecule has 44 heavy (non-hydrogen) atoms. The molecule has 2 heterocycles. The van der Waals surface area contributed by atoms with Crippen LogP contribution in [-0.4, -0.2) is 77.0 Å². The number of pyridine rings is 1. The monoisotopic (exact) mass is 615 g/mol. The third-order valence-electron chi connectivity index (χ3n) is 7.41. The zero-order valence-corrected chi connectivity index (χ0v) is 25.4. The Balaban J connectivity index is 1.70. The van der Waals surface area contributed by atoms with Gasteiger partial charge < -0.3 is 25.6 Å². The van der Waals surface area contributed by atoms with Gasteiger partial charge in [-0.15, -0.1) is 0 Å². The molecule has 0 aliphatic carbocycles. The lowest BCUT2D eigenvalue weighted by Gasteiger charge is -2.32. The first-order valence-electron chi connectivity index (χ1n) is 14.4. The van der Waals surface area contributed by atoms with Gasteiger partial charge in [0.2, 0.25) is 17.6 Å². The predicted molar refractivity (Wildman–Crippen MR) is 157 cm³/mol. The Bertz CT molecular complexity index is 1340. The van der Waals surface area contributed by atoms with Crippen molar-refractivity contribution >= 4 is 29.4 Å². The molecule has 0 unspecified atom stereocenters. The third kappa shape index (κ3) is 8.14. The predicted octanol–water partition coefficient (Wildman–Crippen LogP) is 2.50. The second kappa shape index (κ2) is 14.8. The number of amides is 4. The van der Waals surface area contributed by atoms with E-state index in [9.17, 15) is 24.0 Å². The summed E-state index contributed by atoms with van der Waals surface area (Å²) < 4.78 is 35.1. The van der Waals surface area contributed by atoms with Gasteiger partial charge >= 0.3 is 5.92 Å². The minimum absolute atomic E-state index is 0.199. The van der Waals surface area contributed by atoms with E-state index in [1.165, 1.54) is 38.1 Å². The summed E-state index contributed by atoms with van der Waals surface area (Å²) in [5, 5.41) is 7.13. The Labute approximate surface area is 255 Å². The number of methoxy groups -OCH3 is 1. The van der Waals surface area contributed by atoms with Crippen LogP contribution in [0.4, 0.5) is 8.78 Å². The summed E-state index contributed by atoms with van der Waals surface area (Å²) in [6.45, 7) is 6.31. The Morgan fingerprint density at radius 3 is 2.20 bits per heavy atom. The maximum absolute atomic E-state index is 15.0. The van der Waals surface area contributed by atoms with Crippen LogP contribution in [-0.2, 0) is 25.7 Å². The number of rotatable bonds is 13. The summed E-state index contributed by atoms with van der Waals surface area (Å²) in [5.74, 6) is -10.4. The van der Waals surface area contributed by atoms with E-state index in [0.717, 1.165) is 0 Å². The van der Waals surface area contributed by atoms with Crippen LogP contribution in [0.25, 0.3) is 0 Å². The van der Waals surface area contributed by atoms with Gasteiger partial charge in [0.25, 0.3) is 11.8 Å². The molecule has 0 spiro atoms. The summed E-state index contributed by atoms with van der Waals surface area (Å²) in [5.41, 5.74) is 0.631. The second-order valence-corrected chi connectivity index (χ2v) is 11.3. The highest BCUT2D eigenvalue weighted by Gasteiger charge is 2.51. The van der Waals surface area contributed by atoms with Crippen molar-refractivity contribution in [2.75, 3.05) is 13.7 Å². The summed E-state index contributed by atoms with van der Waals surface area (Å²) in [6, 6.07) is 7.38. The highest BCUT2D eigenvalue weighted by molar-refractivity contribution is 6.10. The fraction of sp³-hybridized carbons (Fsp3) is 0.484. The average molecular weight is 616 g/mol. The average Bonchev–Trinajstić information content (AvgIpc) is 3.51. The van der Waals surface area contributed by atoms with Gasteiger partial charge in [-0.25, -0.2) is 0 Å². The summed E-state index contributed by atoms with van der Waals surface area (Å²) in [4.78, 5) is 70.4. The van der Waals surface area contributed by atoms with Crippen molar-refractivity contribution < 1.29 is 37.5 Å². The quantitative estimate of drug-likeness (QED) is 0.294. The molecule has 1 saturated heterocycles. The van der Waals surface area contributed by atoms with E-state index in [1.54, 1.807) is 50.2 Å². The molecule has 1 fully saturated rings. The van der Waals surface area contributed by atoms with E-state index in [0.29, 0.717) is 23.4 Å². The lowest BCUT2D eigenvalue weighted by atomic mass is 9.94. The van der Waals surface area contributed by atoms with Crippen molar-refractivity contribution in [3.05, 3.63) is 59.9 Å². The minimum Gasteiger partial charge on any atom is -0.497 e. The number of carbonyl (C=O) groups excluding carboxylic acids is 5. The molecule has 0 saturated carbocycles. The molecule has 13 heteroatoms. The fourth-order valence-corrected chi connectivity index (χ4v) is 4.84. The Morgan fingerprint density at radius 2 is 1.64 bits per heavy atom. The molecule has 2 aromatic rings. The molecule has 3 N–H and O–H groups in total. The van der Waals surface area contributed by atoms with Crippen molar-refractivity contribution in [1.29, 1.82) is 0 Å². The number of nitrogens with zero attached hydrogens (tertiary/aromatic N) is 2. The van der Waals surface area contributed by atoms with Gasteiger partial charge in [0, 0.05) is 18.3 Å². The number of ether oxygens (including phenoxy) is 1. The molecule has 3 atom stereocenters. The van der Waals surface area contributed by atoms with E-state index in [1.807, 2.05) is 5.32 Å². The van der Waals surface area contributed by atoms with E-state index in [2.05, 4.69) is 15.6 Å². The molecular formula is C31H39F2N5O6. The van der Waals surface area contributed by atoms with Crippen LogP contribution in [0.1, 0.15) is 56.6 Å². The zero-order chi connectivity index (χ0) is 32.6. The Morgan fingerprint density at radius 1 is 0.977 bits per heavy atom. The van der Waals surface area contributed by atoms with Gasteiger partial charge in [0.05, 0.1) is 25.4 Å². The number of hydrogen-bond donors (Lipinski definition) is 3. The van der Waals surface area contributed by atoms with Crippen LogP contribution in [0, 0.1) is 11.8 Å². The van der Waals surface area contributed by atoms with Crippen molar-refractivity contribution in [2.45, 2.75) is 71.1 Å². The van der Waals surface area contributed by atoms with Gasteiger partial charge in [-0.3, -0.25) is 29.0 Å². The minimum atomic E-state index is -4.43. The van der Waals surface area contributed by atoms with Crippen LogP contribution in [0.2, 0.25) is 0 Å². The molecule has 1 aromatic carbocycles. The summed E-state index contributed by atoms with van der Waals surface area (Å²) in [7, 11) is 1.50. The number of ketones is 1. The van der Waals surface area contributed by atoms with E-state index < -0.39 is 59.4 Å². The normalized spacial score (nSPS) is 16.3. The first-order valence-corrected chi connectivity index (χ1v) is 14.4. The number of benzene rings is 1. The SMILES string of the molecule is COc1ccc(C(=O)N[C@H](C(=O)N2CCC[C@H]2C(=O)N[C@@H](C(=O)C(F)(F)C(=O)NCc2ccccn2)C(C)C)C(C)C)cc1. The number of carbonyl (C=O) groups is 5. The second-order valence-electron chi connectivity index (χ2n) is 11.3. The van der Waals surface area contributed by atoms with Crippen LogP contribution in [0.15, 0.2) is 48.7 Å². The van der Waals surface area contributed by atoms with E-state index in [4.69, 9.17) is 4.74 Å². The number of hydrogen-bond acceptors (Lipinski definition) is 7. The smallest absolute Gasteiger partial charge is 0.383 e. The Hall–Kier alpha value is -4.42. The molecule has 1 aliphatic heterocycles. The highest BCUT2D eigenvalue weighted by atomic mass is 19.3. The topological polar surface area (TPSA) is 147 Å². The molecule has 4 amide bonds. The van der Waals surface area contributed by atoms with Gasteiger partial charge in [0.15, 0.2) is 0 Å². The van der Waals surface area contributed by atoms with Crippen LogP contribution in [0.5, 0.6) is 5.75 Å². The number of nitrogens with one attached hydrogen (secondary N) is 3. The Kier molecular flexibility index (Phi) is 11.5. The van der Waals surface area contributed by atoms with Crippen molar-refractivity contribution in [3.8, 4) is 5.75 Å². The maximum Gasteiger partial charge on any atom is 0.383 e. The summed E-state index contributed by atoms with van der Waals surface area (Å²) >= 11 is 0. The lowest BCUT2D eigenvalue weighted by Crippen LogP contribution is -2.60. The number of halogens is 2. The van der Waals surface area contributed by atoms with E-state index in [-0.39, 0.29) is 25.4 Å². The molecule has 3 rings (SSSR count). The molecule has 0 radical (unpaired) electrons. The van der Waals surface area contributed by atoms with Crippen molar-refractivity contribution in [2.24, 2.45) is 11.8 Å². The van der Waals surface area contributed by atoms with Crippen LogP contribution in [0.3, 0.4) is 0 Å². The molecule has 1 aliphatic rings. The lowest BCUT2D eigenvalue weighted by molar-refractivity contribution is -0.161. The number of likely N-dealkylation sites (tertiary alicyclic amines) is 1. The molecular weight excluding hydrogens is 576 g/mol. The van der Waals surface area contributed by atoms with Gasteiger partial charge in [-0.1, -0.05) is 33.8 Å². The van der Waals surface area contributed by atoms with Gasteiger partial charge in [-0.05, 0) is 61.1 Å². The molecule has 1 aromatic heterocycles.